The van der Waals surface area contributed by atoms with Gasteiger partial charge >= 0.3 is 0 Å². The van der Waals surface area contributed by atoms with Crippen LogP contribution in [0.4, 0.5) is 0 Å². The molecule has 0 amide bonds. The van der Waals surface area contributed by atoms with Crippen LogP contribution < -0.4 is 5.32 Å². The third-order valence-corrected chi connectivity index (χ3v) is 2.89. The number of nitrogens with one attached hydrogen (secondary N) is 1. The Balaban J connectivity index is 1.77. The highest BCUT2D eigenvalue weighted by atomic mass is 16.3. The molecule has 1 N–H and O–H groups in total. The maximum Gasteiger partial charge on any atom is 0.120 e. The summed E-state index contributed by atoms with van der Waals surface area (Å²) in [7, 11) is 0. The summed E-state index contributed by atoms with van der Waals surface area (Å²) in [6.07, 6.45) is 4.40. The van der Waals surface area contributed by atoms with Crippen molar-refractivity contribution in [2.45, 2.75) is 39.3 Å². The molecule has 1 aromatic rings. The molecular formula is C11H17NO. The van der Waals surface area contributed by atoms with Crippen LogP contribution in [-0.2, 0) is 6.54 Å². The molecule has 0 spiro atoms. The predicted octanol–water partition coefficient (Wildman–Crippen LogP) is 2.48. The van der Waals surface area contributed by atoms with Gasteiger partial charge in [0.25, 0.3) is 0 Å². The fraction of sp³-hybridized carbons (Fsp3) is 0.636. The lowest BCUT2D eigenvalue weighted by Crippen LogP contribution is -2.39. The van der Waals surface area contributed by atoms with E-state index >= 15 is 0 Å². The standard InChI is InChI=1S/C11H17NO/c1-8-5-10(6-8)12-7-11-9(2)3-4-13-11/h3-4,8,10,12H,5-7H2,1-2H3. The molecule has 1 saturated carbocycles. The Labute approximate surface area is 79.3 Å². The Morgan fingerprint density at radius 3 is 2.85 bits per heavy atom. The van der Waals surface area contributed by atoms with Gasteiger partial charge in [-0.25, -0.2) is 0 Å². The van der Waals surface area contributed by atoms with Crippen LogP contribution in [-0.4, -0.2) is 6.04 Å². The van der Waals surface area contributed by atoms with Crippen molar-refractivity contribution < 1.29 is 4.42 Å². The Hall–Kier alpha value is -0.760. The minimum atomic E-state index is 0.722. The van der Waals surface area contributed by atoms with Crippen LogP contribution >= 0.6 is 0 Å². The molecule has 0 saturated heterocycles. The zero-order valence-electron chi connectivity index (χ0n) is 8.34. The number of furan rings is 1. The fourth-order valence-electron chi connectivity index (χ4n) is 1.89. The van der Waals surface area contributed by atoms with Crippen LogP contribution in [0, 0.1) is 12.8 Å². The SMILES string of the molecule is Cc1ccoc1CNC1CC(C)C1. The van der Waals surface area contributed by atoms with E-state index in [0.29, 0.717) is 0 Å². The van der Waals surface area contributed by atoms with Gasteiger partial charge in [0.2, 0.25) is 0 Å². The Morgan fingerprint density at radius 2 is 2.31 bits per heavy atom. The largest absolute Gasteiger partial charge is 0.468 e. The Morgan fingerprint density at radius 1 is 1.54 bits per heavy atom. The first-order chi connectivity index (χ1) is 6.25. The van der Waals surface area contributed by atoms with Crippen molar-refractivity contribution >= 4 is 0 Å². The van der Waals surface area contributed by atoms with E-state index in [1.165, 1.54) is 18.4 Å². The van der Waals surface area contributed by atoms with E-state index in [1.807, 2.05) is 6.07 Å². The van der Waals surface area contributed by atoms with Gasteiger partial charge in [0.1, 0.15) is 5.76 Å². The second-order valence-corrected chi connectivity index (χ2v) is 4.18. The number of rotatable bonds is 3. The highest BCUT2D eigenvalue weighted by Gasteiger charge is 2.24. The van der Waals surface area contributed by atoms with E-state index in [9.17, 15) is 0 Å². The summed E-state index contributed by atoms with van der Waals surface area (Å²) in [6, 6.07) is 2.74. The van der Waals surface area contributed by atoms with Gasteiger partial charge in [-0.1, -0.05) is 6.92 Å². The Bertz CT molecular complexity index is 273. The third kappa shape index (κ3) is 1.94. The van der Waals surface area contributed by atoms with Crippen LogP contribution in [0.3, 0.4) is 0 Å². The molecule has 1 aliphatic carbocycles. The third-order valence-electron chi connectivity index (χ3n) is 2.89. The second kappa shape index (κ2) is 3.54. The molecule has 72 valence electrons. The molecule has 1 aromatic heterocycles. The molecule has 1 fully saturated rings. The molecule has 2 heteroatoms. The lowest BCUT2D eigenvalue weighted by Gasteiger charge is -2.33. The summed E-state index contributed by atoms with van der Waals surface area (Å²) in [5.41, 5.74) is 1.25. The van der Waals surface area contributed by atoms with Crippen molar-refractivity contribution in [3.05, 3.63) is 23.7 Å². The van der Waals surface area contributed by atoms with Gasteiger partial charge in [-0.15, -0.1) is 0 Å². The predicted molar refractivity (Wildman–Crippen MR) is 52.5 cm³/mol. The molecule has 13 heavy (non-hydrogen) atoms. The van der Waals surface area contributed by atoms with Crippen LogP contribution in [0.2, 0.25) is 0 Å². The molecular weight excluding hydrogens is 162 g/mol. The van der Waals surface area contributed by atoms with Crippen molar-refractivity contribution in [3.63, 3.8) is 0 Å². The van der Waals surface area contributed by atoms with Crippen molar-refractivity contribution in [3.8, 4) is 0 Å². The summed E-state index contributed by atoms with van der Waals surface area (Å²) >= 11 is 0. The van der Waals surface area contributed by atoms with Gasteiger partial charge in [-0.3, -0.25) is 0 Å². The van der Waals surface area contributed by atoms with Crippen LogP contribution in [0.15, 0.2) is 16.7 Å². The molecule has 0 radical (unpaired) electrons. The summed E-state index contributed by atoms with van der Waals surface area (Å²) in [6.45, 7) is 5.27. The highest BCUT2D eigenvalue weighted by molar-refractivity contribution is 5.14. The number of hydrogen-bond donors (Lipinski definition) is 1. The zero-order chi connectivity index (χ0) is 9.26. The Kier molecular flexibility index (Phi) is 2.40. The van der Waals surface area contributed by atoms with Gasteiger partial charge in [0.05, 0.1) is 12.8 Å². The minimum Gasteiger partial charge on any atom is -0.468 e. The summed E-state index contributed by atoms with van der Waals surface area (Å²) in [5, 5.41) is 3.50. The van der Waals surface area contributed by atoms with Gasteiger partial charge in [0, 0.05) is 6.04 Å². The summed E-state index contributed by atoms with van der Waals surface area (Å²) in [5.74, 6) is 2.00. The lowest BCUT2D eigenvalue weighted by molar-refractivity contribution is 0.235. The molecule has 0 atom stereocenters. The zero-order valence-corrected chi connectivity index (χ0v) is 8.34. The number of aryl methyl sites for hydroxylation is 1. The van der Waals surface area contributed by atoms with Gasteiger partial charge in [0.15, 0.2) is 0 Å². The molecule has 0 bridgehead atoms. The van der Waals surface area contributed by atoms with E-state index in [0.717, 1.165) is 24.3 Å². The van der Waals surface area contributed by atoms with E-state index in [1.54, 1.807) is 6.26 Å². The molecule has 0 aromatic carbocycles. The van der Waals surface area contributed by atoms with Crippen molar-refractivity contribution in [1.29, 1.82) is 0 Å². The van der Waals surface area contributed by atoms with E-state index < -0.39 is 0 Å². The lowest BCUT2D eigenvalue weighted by atomic mass is 9.82. The van der Waals surface area contributed by atoms with E-state index in [-0.39, 0.29) is 0 Å². The van der Waals surface area contributed by atoms with Gasteiger partial charge in [-0.2, -0.15) is 0 Å². The van der Waals surface area contributed by atoms with Crippen molar-refractivity contribution in [2.75, 3.05) is 0 Å². The first-order valence-corrected chi connectivity index (χ1v) is 5.02. The van der Waals surface area contributed by atoms with E-state index in [4.69, 9.17) is 4.42 Å². The summed E-state index contributed by atoms with van der Waals surface area (Å²) in [4.78, 5) is 0. The van der Waals surface area contributed by atoms with Crippen LogP contribution in [0.5, 0.6) is 0 Å². The first-order valence-electron chi connectivity index (χ1n) is 5.02. The van der Waals surface area contributed by atoms with Gasteiger partial charge < -0.3 is 9.73 Å². The second-order valence-electron chi connectivity index (χ2n) is 4.18. The minimum absolute atomic E-state index is 0.722. The normalized spacial score (nSPS) is 27.2. The molecule has 2 nitrogen and oxygen atoms in total. The average molecular weight is 179 g/mol. The molecule has 0 unspecified atom stereocenters. The van der Waals surface area contributed by atoms with Crippen molar-refractivity contribution in [1.82, 2.24) is 5.32 Å². The van der Waals surface area contributed by atoms with Gasteiger partial charge in [-0.05, 0) is 37.3 Å². The summed E-state index contributed by atoms with van der Waals surface area (Å²) < 4.78 is 5.35. The molecule has 0 aliphatic heterocycles. The topological polar surface area (TPSA) is 25.2 Å². The first kappa shape index (κ1) is 8.82. The smallest absolute Gasteiger partial charge is 0.120 e. The number of hydrogen-bond acceptors (Lipinski definition) is 2. The van der Waals surface area contributed by atoms with E-state index in [2.05, 4.69) is 19.2 Å². The van der Waals surface area contributed by atoms with Crippen LogP contribution in [0.1, 0.15) is 31.1 Å². The maximum absolute atomic E-state index is 5.35. The molecule has 1 aliphatic rings. The van der Waals surface area contributed by atoms with Crippen LogP contribution in [0.25, 0.3) is 0 Å². The molecule has 2 rings (SSSR count). The average Bonchev–Trinajstić information content (AvgIpc) is 2.43. The highest BCUT2D eigenvalue weighted by Crippen LogP contribution is 2.26. The monoisotopic (exact) mass is 179 g/mol. The van der Waals surface area contributed by atoms with Crippen molar-refractivity contribution in [2.24, 2.45) is 5.92 Å². The quantitative estimate of drug-likeness (QED) is 0.771. The maximum atomic E-state index is 5.35. The fourth-order valence-corrected chi connectivity index (χ4v) is 1.89. The molecule has 1 heterocycles.